The molecule has 1 fully saturated rings. The second-order valence-electron chi connectivity index (χ2n) is 6.76. The number of hydrogen-bond donors (Lipinski definition) is 1. The maximum Gasteiger partial charge on any atom is 0.225 e. The van der Waals surface area contributed by atoms with Crippen LogP contribution in [0.25, 0.3) is 5.69 Å². The molecular formula is C20H20N6O2. The zero-order valence-corrected chi connectivity index (χ0v) is 15.2. The van der Waals surface area contributed by atoms with Crippen LogP contribution in [0.15, 0.2) is 61.4 Å². The number of benzene rings is 1. The molecule has 3 heterocycles. The number of carbonyl (C=O) groups is 2. The average molecular weight is 376 g/mol. The van der Waals surface area contributed by atoms with Crippen LogP contribution in [-0.4, -0.2) is 43.0 Å². The fourth-order valence-corrected chi connectivity index (χ4v) is 3.25. The third-order valence-electron chi connectivity index (χ3n) is 4.77. The normalized spacial score (nSPS) is 16.4. The minimum Gasteiger partial charge on any atom is -0.352 e. The van der Waals surface area contributed by atoms with Crippen LogP contribution in [0.4, 0.5) is 0 Å². The summed E-state index contributed by atoms with van der Waals surface area (Å²) in [5.74, 6) is -0.415. The lowest BCUT2D eigenvalue weighted by atomic mass is 10.1. The van der Waals surface area contributed by atoms with E-state index in [-0.39, 0.29) is 24.2 Å². The van der Waals surface area contributed by atoms with Crippen molar-refractivity contribution in [3.8, 4) is 5.69 Å². The molecule has 1 aliphatic heterocycles. The van der Waals surface area contributed by atoms with E-state index in [1.807, 2.05) is 36.4 Å². The van der Waals surface area contributed by atoms with E-state index in [9.17, 15) is 9.59 Å². The topological polar surface area (TPSA) is 93.0 Å². The first-order chi connectivity index (χ1) is 13.7. The quantitative estimate of drug-likeness (QED) is 0.701. The van der Waals surface area contributed by atoms with Gasteiger partial charge >= 0.3 is 0 Å². The summed E-state index contributed by atoms with van der Waals surface area (Å²) >= 11 is 0. The third-order valence-corrected chi connectivity index (χ3v) is 4.77. The summed E-state index contributed by atoms with van der Waals surface area (Å²) in [7, 11) is 0. The Morgan fingerprint density at radius 2 is 2.00 bits per heavy atom. The molecule has 0 bridgehead atoms. The van der Waals surface area contributed by atoms with E-state index < -0.39 is 0 Å². The lowest BCUT2D eigenvalue weighted by molar-refractivity contribution is -0.129. The lowest BCUT2D eigenvalue weighted by Crippen LogP contribution is -2.32. The van der Waals surface area contributed by atoms with Gasteiger partial charge in [0.2, 0.25) is 11.8 Å². The van der Waals surface area contributed by atoms with E-state index in [2.05, 4.69) is 20.4 Å². The molecule has 1 aliphatic rings. The van der Waals surface area contributed by atoms with Gasteiger partial charge in [-0.15, -0.1) is 0 Å². The Labute approximate surface area is 162 Å². The molecule has 0 saturated carbocycles. The summed E-state index contributed by atoms with van der Waals surface area (Å²) in [6.45, 7) is 1.34. The summed E-state index contributed by atoms with van der Waals surface area (Å²) < 4.78 is 1.67. The van der Waals surface area contributed by atoms with Crippen LogP contribution in [0.3, 0.4) is 0 Å². The Morgan fingerprint density at radius 1 is 1.14 bits per heavy atom. The Balaban J connectivity index is 1.30. The number of hydrogen-bond acceptors (Lipinski definition) is 5. The summed E-state index contributed by atoms with van der Waals surface area (Å²) in [6.07, 6.45) is 6.80. The second-order valence-corrected chi connectivity index (χ2v) is 6.76. The molecular weight excluding hydrogens is 356 g/mol. The van der Waals surface area contributed by atoms with Crippen LogP contribution in [0.2, 0.25) is 0 Å². The first-order valence-electron chi connectivity index (χ1n) is 9.07. The Kier molecular flexibility index (Phi) is 5.09. The predicted molar refractivity (Wildman–Crippen MR) is 101 cm³/mol. The number of rotatable bonds is 6. The van der Waals surface area contributed by atoms with Crippen molar-refractivity contribution in [2.75, 3.05) is 6.54 Å². The number of carbonyl (C=O) groups excluding carboxylic acids is 2. The molecule has 28 heavy (non-hydrogen) atoms. The molecule has 1 atom stereocenters. The van der Waals surface area contributed by atoms with E-state index in [4.69, 9.17) is 0 Å². The average Bonchev–Trinajstić information content (AvgIpc) is 3.38. The smallest absolute Gasteiger partial charge is 0.225 e. The summed E-state index contributed by atoms with van der Waals surface area (Å²) in [5, 5.41) is 7.02. The summed E-state index contributed by atoms with van der Waals surface area (Å²) in [4.78, 5) is 34.4. The minimum atomic E-state index is -0.321. The van der Waals surface area contributed by atoms with Gasteiger partial charge in [0, 0.05) is 38.4 Å². The first-order valence-corrected chi connectivity index (χ1v) is 9.07. The lowest BCUT2D eigenvalue weighted by Gasteiger charge is -2.16. The highest BCUT2D eigenvalue weighted by Gasteiger charge is 2.34. The van der Waals surface area contributed by atoms with Crippen molar-refractivity contribution in [3.05, 3.63) is 72.6 Å². The SMILES string of the molecule is O=C(NCc1ccc(-n2cncn2)cc1)[C@H]1CC(=O)N(Cc2cccnc2)C1. The third kappa shape index (κ3) is 4.06. The van der Waals surface area contributed by atoms with Crippen LogP contribution < -0.4 is 5.32 Å². The maximum absolute atomic E-state index is 12.5. The molecule has 2 amide bonds. The van der Waals surface area contributed by atoms with Crippen molar-refractivity contribution in [1.29, 1.82) is 0 Å². The van der Waals surface area contributed by atoms with Gasteiger partial charge in [-0.25, -0.2) is 9.67 Å². The molecule has 3 aromatic rings. The molecule has 1 N–H and O–H groups in total. The van der Waals surface area contributed by atoms with Crippen molar-refractivity contribution in [3.63, 3.8) is 0 Å². The van der Waals surface area contributed by atoms with Crippen molar-refractivity contribution in [2.45, 2.75) is 19.5 Å². The van der Waals surface area contributed by atoms with Gasteiger partial charge in [-0.2, -0.15) is 5.10 Å². The molecule has 0 unspecified atom stereocenters. The fourth-order valence-electron chi connectivity index (χ4n) is 3.25. The molecule has 0 spiro atoms. The van der Waals surface area contributed by atoms with E-state index in [0.29, 0.717) is 19.6 Å². The van der Waals surface area contributed by atoms with Crippen molar-refractivity contribution in [1.82, 2.24) is 30.0 Å². The number of nitrogens with one attached hydrogen (secondary N) is 1. The highest BCUT2D eigenvalue weighted by Crippen LogP contribution is 2.20. The van der Waals surface area contributed by atoms with E-state index in [1.54, 1.807) is 28.3 Å². The fraction of sp³-hybridized carbons (Fsp3) is 0.250. The highest BCUT2D eigenvalue weighted by molar-refractivity contribution is 5.89. The number of amides is 2. The zero-order chi connectivity index (χ0) is 19.3. The van der Waals surface area contributed by atoms with Gasteiger partial charge in [0.15, 0.2) is 0 Å². The number of pyridine rings is 1. The highest BCUT2D eigenvalue weighted by atomic mass is 16.2. The van der Waals surface area contributed by atoms with Gasteiger partial charge in [-0.05, 0) is 29.3 Å². The van der Waals surface area contributed by atoms with Crippen LogP contribution in [0.1, 0.15) is 17.5 Å². The van der Waals surface area contributed by atoms with Gasteiger partial charge in [-0.1, -0.05) is 18.2 Å². The molecule has 8 heteroatoms. The molecule has 8 nitrogen and oxygen atoms in total. The van der Waals surface area contributed by atoms with Crippen molar-refractivity contribution >= 4 is 11.8 Å². The molecule has 0 aliphatic carbocycles. The Morgan fingerprint density at radius 3 is 2.71 bits per heavy atom. The molecule has 0 radical (unpaired) electrons. The van der Waals surface area contributed by atoms with Crippen molar-refractivity contribution in [2.24, 2.45) is 5.92 Å². The number of likely N-dealkylation sites (tertiary alicyclic amines) is 1. The van der Waals surface area contributed by atoms with Gasteiger partial charge in [-0.3, -0.25) is 14.6 Å². The molecule has 1 aromatic carbocycles. The van der Waals surface area contributed by atoms with Crippen LogP contribution in [-0.2, 0) is 22.7 Å². The maximum atomic E-state index is 12.5. The van der Waals surface area contributed by atoms with Crippen LogP contribution >= 0.6 is 0 Å². The van der Waals surface area contributed by atoms with E-state index in [0.717, 1.165) is 16.8 Å². The molecule has 142 valence electrons. The minimum absolute atomic E-state index is 0.00110. The monoisotopic (exact) mass is 376 g/mol. The predicted octanol–water partition coefficient (Wildman–Crippen LogP) is 1.33. The molecule has 4 rings (SSSR count). The standard InChI is InChI=1S/C20H20N6O2/c27-19-8-17(12-25(19)11-16-2-1-7-21-9-16)20(28)23-10-15-3-5-18(6-4-15)26-14-22-13-24-26/h1-7,9,13-14,17H,8,10-12H2,(H,23,28)/t17-/m0/s1. The van der Waals surface area contributed by atoms with Gasteiger partial charge in [0.25, 0.3) is 0 Å². The summed E-state index contributed by atoms with van der Waals surface area (Å²) in [5.41, 5.74) is 2.85. The van der Waals surface area contributed by atoms with Crippen LogP contribution in [0.5, 0.6) is 0 Å². The second kappa shape index (κ2) is 7.99. The Bertz CT molecular complexity index is 941. The molecule has 1 saturated heterocycles. The van der Waals surface area contributed by atoms with Gasteiger partial charge in [0.1, 0.15) is 12.7 Å². The molecule has 2 aromatic heterocycles. The first kappa shape index (κ1) is 17.8. The number of nitrogens with zero attached hydrogens (tertiary/aromatic N) is 5. The van der Waals surface area contributed by atoms with Crippen LogP contribution in [0, 0.1) is 5.92 Å². The van der Waals surface area contributed by atoms with E-state index >= 15 is 0 Å². The zero-order valence-electron chi connectivity index (χ0n) is 15.2. The summed E-state index contributed by atoms with van der Waals surface area (Å²) in [6, 6.07) is 11.5. The van der Waals surface area contributed by atoms with Gasteiger partial charge in [0.05, 0.1) is 11.6 Å². The Hall–Kier alpha value is -3.55. The van der Waals surface area contributed by atoms with E-state index in [1.165, 1.54) is 6.33 Å². The largest absolute Gasteiger partial charge is 0.352 e. The van der Waals surface area contributed by atoms with Gasteiger partial charge < -0.3 is 10.2 Å². The van der Waals surface area contributed by atoms with Crippen molar-refractivity contribution < 1.29 is 9.59 Å². The number of aromatic nitrogens is 4.